The second-order valence-electron chi connectivity index (χ2n) is 9.02. The van der Waals surface area contributed by atoms with Gasteiger partial charge in [0, 0.05) is 25.6 Å². The van der Waals surface area contributed by atoms with E-state index in [1.165, 1.54) is 22.4 Å². The van der Waals surface area contributed by atoms with Gasteiger partial charge in [-0.3, -0.25) is 13.9 Å². The summed E-state index contributed by atoms with van der Waals surface area (Å²) in [4.78, 5) is 27.7. The molecule has 1 N–H and O–H groups in total. The smallest absolute Gasteiger partial charge is 0.242 e. The molecule has 0 unspecified atom stereocenters. The highest BCUT2D eigenvalue weighted by atomic mass is 35.5. The molecule has 2 aromatic carbocycles. The number of ether oxygens (including phenoxy) is 1. The van der Waals surface area contributed by atoms with Gasteiger partial charge in [0.2, 0.25) is 21.8 Å². The van der Waals surface area contributed by atoms with Crippen molar-refractivity contribution < 1.29 is 22.7 Å². The van der Waals surface area contributed by atoms with Crippen LogP contribution in [0.2, 0.25) is 15.1 Å². The van der Waals surface area contributed by atoms with E-state index in [-0.39, 0.29) is 48.8 Å². The number of methoxy groups -OCH3 is 1. The first-order valence-electron chi connectivity index (χ1n) is 12.1. The lowest BCUT2D eigenvalue weighted by atomic mass is 10.1. The third kappa shape index (κ3) is 8.93. The fourth-order valence-electron chi connectivity index (χ4n) is 3.70. The minimum absolute atomic E-state index is 0.0121. The van der Waals surface area contributed by atoms with E-state index in [2.05, 4.69) is 5.32 Å². The molecule has 0 aliphatic heterocycles. The maximum absolute atomic E-state index is 13.4. The lowest BCUT2D eigenvalue weighted by molar-refractivity contribution is -0.140. The monoisotopic (exact) mass is 605 g/mol. The van der Waals surface area contributed by atoms with Crippen LogP contribution in [0.25, 0.3) is 0 Å². The van der Waals surface area contributed by atoms with Crippen molar-refractivity contribution in [2.45, 2.75) is 58.7 Å². The van der Waals surface area contributed by atoms with Gasteiger partial charge >= 0.3 is 0 Å². The van der Waals surface area contributed by atoms with E-state index in [1.807, 2.05) is 13.8 Å². The molecule has 2 amide bonds. The Bertz CT molecular complexity index is 1240. The van der Waals surface area contributed by atoms with Crippen molar-refractivity contribution in [1.82, 2.24) is 10.2 Å². The van der Waals surface area contributed by atoms with Gasteiger partial charge in [-0.05, 0) is 62.6 Å². The second kappa shape index (κ2) is 14.3. The number of carbonyl (C=O) groups excluding carboxylic acids is 2. The minimum atomic E-state index is -3.66. The van der Waals surface area contributed by atoms with Gasteiger partial charge in [-0.1, -0.05) is 47.8 Å². The maximum atomic E-state index is 13.4. The average molecular weight is 607 g/mol. The number of hydrogen-bond donors (Lipinski definition) is 1. The number of sulfonamides is 1. The van der Waals surface area contributed by atoms with E-state index in [1.54, 1.807) is 37.3 Å². The van der Waals surface area contributed by atoms with Crippen LogP contribution in [-0.2, 0) is 26.2 Å². The Labute approximate surface area is 240 Å². The van der Waals surface area contributed by atoms with Crippen LogP contribution in [0.3, 0.4) is 0 Å². The van der Waals surface area contributed by atoms with Crippen molar-refractivity contribution >= 4 is 62.3 Å². The Morgan fingerprint density at radius 1 is 1.03 bits per heavy atom. The molecule has 0 spiro atoms. The Kier molecular flexibility index (Phi) is 12.0. The average Bonchev–Trinajstić information content (AvgIpc) is 2.85. The lowest BCUT2D eigenvalue weighted by Crippen LogP contribution is -2.49. The normalized spacial score (nSPS) is 12.9. The van der Waals surface area contributed by atoms with Gasteiger partial charge in [0.1, 0.15) is 11.8 Å². The molecule has 38 heavy (non-hydrogen) atoms. The first-order chi connectivity index (χ1) is 17.8. The SMILES string of the molecule is CC[C@@H](C)NC(=O)[C@H](C)N(Cc1ccc(Cl)c(Cl)c1)C(=O)CCCN(c1ccc(OC)c(Cl)c1)S(C)(=O)=O. The molecule has 0 fully saturated rings. The van der Waals surface area contributed by atoms with Gasteiger partial charge in [-0.2, -0.15) is 0 Å². The summed E-state index contributed by atoms with van der Waals surface area (Å²) >= 11 is 18.4. The van der Waals surface area contributed by atoms with E-state index in [0.29, 0.717) is 27.0 Å². The molecule has 0 saturated heterocycles. The highest BCUT2D eigenvalue weighted by Gasteiger charge is 2.27. The third-order valence-electron chi connectivity index (χ3n) is 6.08. The van der Waals surface area contributed by atoms with E-state index in [9.17, 15) is 18.0 Å². The van der Waals surface area contributed by atoms with Crippen LogP contribution in [0.1, 0.15) is 45.6 Å². The summed E-state index contributed by atoms with van der Waals surface area (Å²) in [6, 6.07) is 8.89. The van der Waals surface area contributed by atoms with Gasteiger partial charge in [-0.25, -0.2) is 8.42 Å². The molecular formula is C26H34Cl3N3O5S. The number of carbonyl (C=O) groups is 2. The molecule has 8 nitrogen and oxygen atoms in total. The number of nitrogens with zero attached hydrogens (tertiary/aromatic N) is 2. The molecule has 0 aliphatic carbocycles. The molecule has 0 aliphatic rings. The standard InChI is InChI=1S/C26H34Cl3N3O5S/c1-6-17(2)30-26(34)18(3)31(16-19-9-11-21(27)22(28)14-19)25(33)8-7-13-32(38(5,35)36)20-10-12-24(37-4)23(29)15-20/h9-12,14-15,17-18H,6-8,13,16H2,1-5H3,(H,30,34)/t17-,18+/m1/s1. The molecule has 12 heteroatoms. The van der Waals surface area contributed by atoms with Crippen LogP contribution in [0.5, 0.6) is 5.75 Å². The van der Waals surface area contributed by atoms with Crippen LogP contribution >= 0.6 is 34.8 Å². The molecule has 0 heterocycles. The van der Waals surface area contributed by atoms with E-state index in [0.717, 1.165) is 12.7 Å². The third-order valence-corrected chi connectivity index (χ3v) is 8.31. The highest BCUT2D eigenvalue weighted by Crippen LogP contribution is 2.30. The molecule has 210 valence electrons. The van der Waals surface area contributed by atoms with Gasteiger partial charge in [0.15, 0.2) is 0 Å². The van der Waals surface area contributed by atoms with E-state index >= 15 is 0 Å². The molecular weight excluding hydrogens is 573 g/mol. The zero-order valence-electron chi connectivity index (χ0n) is 22.1. The first-order valence-corrected chi connectivity index (χ1v) is 15.1. The number of rotatable bonds is 13. The van der Waals surface area contributed by atoms with Crippen LogP contribution in [0.4, 0.5) is 5.69 Å². The van der Waals surface area contributed by atoms with Crippen LogP contribution in [-0.4, -0.2) is 57.1 Å². The summed E-state index contributed by atoms with van der Waals surface area (Å²) in [5.41, 5.74) is 1.07. The zero-order chi connectivity index (χ0) is 28.6. The lowest BCUT2D eigenvalue weighted by Gasteiger charge is -2.30. The maximum Gasteiger partial charge on any atom is 0.242 e. The summed E-state index contributed by atoms with van der Waals surface area (Å²) in [6.45, 7) is 5.68. The number of nitrogens with one attached hydrogen (secondary N) is 1. The summed E-state index contributed by atoms with van der Waals surface area (Å²) in [6.07, 6.45) is 2.06. The molecule has 2 aromatic rings. The molecule has 0 bridgehead atoms. The van der Waals surface area contributed by atoms with Gasteiger partial charge in [-0.15, -0.1) is 0 Å². The predicted octanol–water partition coefficient (Wildman–Crippen LogP) is 5.53. The van der Waals surface area contributed by atoms with Crippen LogP contribution in [0.15, 0.2) is 36.4 Å². The number of amides is 2. The van der Waals surface area contributed by atoms with Crippen molar-refractivity contribution in [3.8, 4) is 5.75 Å². The Hall–Kier alpha value is -2.20. The number of benzene rings is 2. The summed E-state index contributed by atoms with van der Waals surface area (Å²) in [7, 11) is -2.19. The molecule has 2 atom stereocenters. The van der Waals surface area contributed by atoms with Gasteiger partial charge in [0.05, 0.1) is 34.1 Å². The van der Waals surface area contributed by atoms with Gasteiger partial charge in [0.25, 0.3) is 0 Å². The molecule has 0 saturated carbocycles. The largest absolute Gasteiger partial charge is 0.495 e. The van der Waals surface area contributed by atoms with Crippen molar-refractivity contribution in [2.24, 2.45) is 0 Å². The van der Waals surface area contributed by atoms with E-state index in [4.69, 9.17) is 39.5 Å². The van der Waals surface area contributed by atoms with Crippen molar-refractivity contribution in [3.05, 3.63) is 57.0 Å². The molecule has 0 aromatic heterocycles. The Balaban J connectivity index is 2.22. The van der Waals surface area contributed by atoms with Gasteiger partial charge < -0.3 is 15.0 Å². The second-order valence-corrected chi connectivity index (χ2v) is 12.1. The number of hydrogen-bond acceptors (Lipinski definition) is 5. The first kappa shape index (κ1) is 32.0. The predicted molar refractivity (Wildman–Crippen MR) is 154 cm³/mol. The topological polar surface area (TPSA) is 96.0 Å². The molecule has 2 rings (SSSR count). The minimum Gasteiger partial charge on any atom is -0.495 e. The number of halogens is 3. The summed E-state index contributed by atoms with van der Waals surface area (Å²) < 4.78 is 31.4. The van der Waals surface area contributed by atoms with Crippen molar-refractivity contribution in [1.29, 1.82) is 0 Å². The van der Waals surface area contributed by atoms with Crippen LogP contribution < -0.4 is 14.4 Å². The van der Waals surface area contributed by atoms with Crippen LogP contribution in [0, 0.1) is 0 Å². The fourth-order valence-corrected chi connectivity index (χ4v) is 5.23. The Morgan fingerprint density at radius 3 is 2.26 bits per heavy atom. The van der Waals surface area contributed by atoms with E-state index < -0.39 is 16.1 Å². The number of anilines is 1. The summed E-state index contributed by atoms with van der Waals surface area (Å²) in [5, 5.41) is 3.91. The van der Waals surface area contributed by atoms with Crippen molar-refractivity contribution in [3.63, 3.8) is 0 Å². The highest BCUT2D eigenvalue weighted by molar-refractivity contribution is 7.92. The zero-order valence-corrected chi connectivity index (χ0v) is 25.2. The summed E-state index contributed by atoms with van der Waals surface area (Å²) in [5.74, 6) is -0.163. The quantitative estimate of drug-likeness (QED) is 0.323. The Morgan fingerprint density at radius 2 is 1.71 bits per heavy atom. The molecule has 0 radical (unpaired) electrons. The van der Waals surface area contributed by atoms with Crippen molar-refractivity contribution in [2.75, 3.05) is 24.2 Å². The fraction of sp³-hybridized carbons (Fsp3) is 0.462.